The van der Waals surface area contributed by atoms with Gasteiger partial charge in [-0.05, 0) is 54.0 Å². The van der Waals surface area contributed by atoms with Crippen molar-refractivity contribution in [2.24, 2.45) is 0 Å². The second kappa shape index (κ2) is 11.6. The summed E-state index contributed by atoms with van der Waals surface area (Å²) in [4.78, 5) is 15.4. The maximum absolute atomic E-state index is 12.2. The number of phenolic OH excluding ortho intramolecular Hbond substituents is 1. The Labute approximate surface area is 212 Å². The van der Waals surface area contributed by atoms with E-state index in [1.165, 1.54) is 19.3 Å². The fourth-order valence-corrected chi connectivity index (χ4v) is 4.09. The van der Waals surface area contributed by atoms with Crippen molar-refractivity contribution in [1.82, 2.24) is 10.3 Å². The smallest absolute Gasteiger partial charge is 0.244 e. The molecule has 0 spiro atoms. The molecule has 1 saturated heterocycles. The molecule has 198 valence electrons. The van der Waals surface area contributed by atoms with Gasteiger partial charge in [-0.25, -0.2) is 0 Å². The number of fused-ring (bicyclic) bond motifs is 1. The first-order valence-electron chi connectivity index (χ1n) is 11.7. The van der Waals surface area contributed by atoms with Crippen molar-refractivity contribution in [3.8, 4) is 17.2 Å². The minimum Gasteiger partial charge on any atom is -0.504 e. The van der Waals surface area contributed by atoms with Gasteiger partial charge in [-0.3, -0.25) is 4.79 Å². The van der Waals surface area contributed by atoms with Crippen molar-refractivity contribution in [3.63, 3.8) is 0 Å². The van der Waals surface area contributed by atoms with Gasteiger partial charge < -0.3 is 50.0 Å². The SMILES string of the molecule is COc1cc(C=CC(=O)NCCc2c[nH]c3ccc(OC4O[C@H](CO)[C@@H](O)[C@H](O)[C@H]4O)cc23)ccc1O. The van der Waals surface area contributed by atoms with Crippen LogP contribution in [0.2, 0.25) is 0 Å². The zero-order valence-electron chi connectivity index (χ0n) is 20.1. The summed E-state index contributed by atoms with van der Waals surface area (Å²) >= 11 is 0. The first-order chi connectivity index (χ1) is 17.8. The third-order valence-electron chi connectivity index (χ3n) is 6.16. The van der Waals surface area contributed by atoms with E-state index in [1.54, 1.807) is 36.4 Å². The standard InChI is InChI=1S/C26H30N2O9/c1-35-20-10-14(2-6-19(20)30)3-7-22(31)27-9-8-15-12-28-18-5-4-16(11-17(15)18)36-26-25(34)24(33)23(32)21(13-29)37-26/h2-7,10-12,21,23-26,28-30,32-34H,8-9,13H2,1H3,(H,27,31)/t21-,23-,24+,25-,26?/m1/s1. The summed E-state index contributed by atoms with van der Waals surface area (Å²) in [5, 5.41) is 52.8. The molecule has 1 unspecified atom stereocenters. The zero-order chi connectivity index (χ0) is 26.5. The van der Waals surface area contributed by atoms with E-state index in [2.05, 4.69) is 10.3 Å². The zero-order valence-corrected chi connectivity index (χ0v) is 20.1. The highest BCUT2D eigenvalue weighted by atomic mass is 16.7. The number of carbonyl (C=O) groups excluding carboxylic acids is 1. The number of aromatic amines is 1. The molecule has 0 aliphatic carbocycles. The van der Waals surface area contributed by atoms with Crippen LogP contribution in [0.3, 0.4) is 0 Å². The van der Waals surface area contributed by atoms with Gasteiger partial charge >= 0.3 is 0 Å². The third-order valence-corrected chi connectivity index (χ3v) is 6.16. The van der Waals surface area contributed by atoms with Crippen LogP contribution in [0, 0.1) is 0 Å². The Hall–Kier alpha value is -3.61. The first-order valence-corrected chi connectivity index (χ1v) is 11.7. The van der Waals surface area contributed by atoms with Gasteiger partial charge in [0.05, 0.1) is 13.7 Å². The van der Waals surface area contributed by atoms with Crippen LogP contribution in [0.5, 0.6) is 17.2 Å². The molecule has 37 heavy (non-hydrogen) atoms. The van der Waals surface area contributed by atoms with Crippen LogP contribution < -0.4 is 14.8 Å². The van der Waals surface area contributed by atoms with Crippen LogP contribution in [-0.2, 0) is 16.0 Å². The number of hydrogen-bond acceptors (Lipinski definition) is 9. The molecular formula is C26H30N2O9. The lowest BCUT2D eigenvalue weighted by molar-refractivity contribution is -0.277. The Bertz CT molecular complexity index is 1260. The molecular weight excluding hydrogens is 484 g/mol. The van der Waals surface area contributed by atoms with Crippen molar-refractivity contribution in [2.45, 2.75) is 37.1 Å². The Balaban J connectivity index is 1.36. The van der Waals surface area contributed by atoms with E-state index in [1.807, 2.05) is 6.20 Å². The molecule has 1 fully saturated rings. The monoisotopic (exact) mass is 514 g/mol. The Morgan fingerprint density at radius 2 is 1.95 bits per heavy atom. The molecule has 0 radical (unpaired) electrons. The number of rotatable bonds is 9. The van der Waals surface area contributed by atoms with Gasteiger partial charge in [0.25, 0.3) is 0 Å². The summed E-state index contributed by atoms with van der Waals surface area (Å²) in [5.41, 5.74) is 2.46. The van der Waals surface area contributed by atoms with Crippen molar-refractivity contribution in [3.05, 3.63) is 59.8 Å². The van der Waals surface area contributed by atoms with Crippen molar-refractivity contribution in [2.75, 3.05) is 20.3 Å². The average molecular weight is 515 g/mol. The molecule has 7 N–H and O–H groups in total. The molecule has 2 aromatic carbocycles. The van der Waals surface area contributed by atoms with Crippen LogP contribution >= 0.6 is 0 Å². The number of H-pyrrole nitrogens is 1. The van der Waals surface area contributed by atoms with Gasteiger partial charge in [0.2, 0.25) is 12.2 Å². The maximum Gasteiger partial charge on any atom is 0.244 e. The van der Waals surface area contributed by atoms with E-state index >= 15 is 0 Å². The van der Waals surface area contributed by atoms with Gasteiger partial charge in [-0.2, -0.15) is 0 Å². The van der Waals surface area contributed by atoms with E-state index in [0.717, 1.165) is 16.5 Å². The van der Waals surface area contributed by atoms with Crippen LogP contribution in [0.15, 0.2) is 48.7 Å². The summed E-state index contributed by atoms with van der Waals surface area (Å²) in [6, 6.07) is 9.96. The number of aliphatic hydroxyl groups excluding tert-OH is 4. The lowest BCUT2D eigenvalue weighted by Gasteiger charge is -2.39. The van der Waals surface area contributed by atoms with E-state index in [-0.39, 0.29) is 11.7 Å². The predicted molar refractivity (Wildman–Crippen MR) is 133 cm³/mol. The summed E-state index contributed by atoms with van der Waals surface area (Å²) in [6.45, 7) is -0.178. The molecule has 5 atom stereocenters. The molecule has 0 bridgehead atoms. The van der Waals surface area contributed by atoms with Crippen molar-refractivity contribution >= 4 is 22.9 Å². The van der Waals surface area contributed by atoms with Crippen LogP contribution in [0.25, 0.3) is 17.0 Å². The number of methoxy groups -OCH3 is 1. The Morgan fingerprint density at radius 1 is 1.14 bits per heavy atom. The highest BCUT2D eigenvalue weighted by Crippen LogP contribution is 2.29. The summed E-state index contributed by atoms with van der Waals surface area (Å²) < 4.78 is 16.2. The summed E-state index contributed by atoms with van der Waals surface area (Å²) in [6.07, 6.45) is -1.49. The molecule has 1 aliphatic rings. The normalized spacial score (nSPS) is 23.9. The quantitative estimate of drug-likeness (QED) is 0.200. The fraction of sp³-hybridized carbons (Fsp3) is 0.346. The van der Waals surface area contributed by atoms with Gasteiger partial charge in [0.1, 0.15) is 30.2 Å². The van der Waals surface area contributed by atoms with E-state index in [9.17, 15) is 30.3 Å². The lowest BCUT2D eigenvalue weighted by Crippen LogP contribution is -2.60. The molecule has 1 aliphatic heterocycles. The van der Waals surface area contributed by atoms with Gasteiger partial charge in [0.15, 0.2) is 11.5 Å². The highest BCUT2D eigenvalue weighted by Gasteiger charge is 2.44. The molecule has 3 aromatic rings. The van der Waals surface area contributed by atoms with Gasteiger partial charge in [0, 0.05) is 29.7 Å². The maximum atomic E-state index is 12.2. The second-order valence-electron chi connectivity index (χ2n) is 8.64. The van der Waals surface area contributed by atoms with Crippen molar-refractivity contribution < 1.29 is 44.5 Å². The molecule has 1 amide bonds. The van der Waals surface area contributed by atoms with E-state index < -0.39 is 37.3 Å². The number of aromatic nitrogens is 1. The fourth-order valence-electron chi connectivity index (χ4n) is 4.09. The molecule has 0 saturated carbocycles. The molecule has 11 nitrogen and oxygen atoms in total. The van der Waals surface area contributed by atoms with Crippen molar-refractivity contribution in [1.29, 1.82) is 0 Å². The van der Waals surface area contributed by atoms with Crippen LogP contribution in [0.4, 0.5) is 0 Å². The predicted octanol–water partition coefficient (Wildman–Crippen LogP) is 0.433. The number of nitrogens with one attached hydrogen (secondary N) is 2. The van der Waals surface area contributed by atoms with E-state index in [4.69, 9.17) is 14.2 Å². The molecule has 11 heteroatoms. The number of hydrogen-bond donors (Lipinski definition) is 7. The number of aromatic hydroxyl groups is 1. The lowest BCUT2D eigenvalue weighted by atomic mass is 9.99. The third kappa shape index (κ3) is 6.04. The van der Waals surface area contributed by atoms with E-state index in [0.29, 0.717) is 30.0 Å². The molecule has 1 aromatic heterocycles. The van der Waals surface area contributed by atoms with Crippen LogP contribution in [-0.4, -0.2) is 87.4 Å². The largest absolute Gasteiger partial charge is 0.504 e. The Kier molecular flexibility index (Phi) is 8.31. The highest BCUT2D eigenvalue weighted by molar-refractivity contribution is 5.92. The topological polar surface area (TPSA) is 174 Å². The van der Waals surface area contributed by atoms with Gasteiger partial charge in [-0.15, -0.1) is 0 Å². The minimum absolute atomic E-state index is 0.0181. The number of benzene rings is 2. The first kappa shape index (κ1) is 26.5. The number of amides is 1. The number of ether oxygens (including phenoxy) is 3. The Morgan fingerprint density at radius 3 is 2.70 bits per heavy atom. The number of phenols is 1. The average Bonchev–Trinajstić information content (AvgIpc) is 3.30. The van der Waals surface area contributed by atoms with Gasteiger partial charge in [-0.1, -0.05) is 6.07 Å². The minimum atomic E-state index is -1.53. The summed E-state index contributed by atoms with van der Waals surface area (Å²) in [7, 11) is 1.45. The number of carbonyl (C=O) groups is 1. The summed E-state index contributed by atoms with van der Waals surface area (Å²) in [5.74, 6) is 0.411. The molecule has 2 heterocycles. The second-order valence-corrected chi connectivity index (χ2v) is 8.64. The van der Waals surface area contributed by atoms with Crippen LogP contribution in [0.1, 0.15) is 11.1 Å². The molecule has 4 rings (SSSR count). The number of aliphatic hydroxyl groups is 4.